The molecule has 0 radical (unpaired) electrons. The molecule has 31 heavy (non-hydrogen) atoms. The second kappa shape index (κ2) is 9.88. The minimum absolute atomic E-state index is 0.0724. The van der Waals surface area contributed by atoms with E-state index in [2.05, 4.69) is 5.32 Å². The summed E-state index contributed by atoms with van der Waals surface area (Å²) in [6.45, 7) is 3.93. The van der Waals surface area contributed by atoms with Crippen LogP contribution < -0.4 is 10.2 Å². The summed E-state index contributed by atoms with van der Waals surface area (Å²) in [6.07, 6.45) is 0.0724. The van der Waals surface area contributed by atoms with Gasteiger partial charge < -0.3 is 19.7 Å². The normalized spacial score (nSPS) is 15.5. The number of benzene rings is 2. The molecule has 0 aromatic heterocycles. The van der Waals surface area contributed by atoms with Crippen molar-refractivity contribution in [3.8, 4) is 0 Å². The Bertz CT molecular complexity index is 953. The average Bonchev–Trinajstić information content (AvgIpc) is 3.16. The number of carbonyl (C=O) groups is 4. The highest BCUT2D eigenvalue weighted by atomic mass is 16.5. The van der Waals surface area contributed by atoms with E-state index in [4.69, 9.17) is 9.47 Å². The third-order valence-corrected chi connectivity index (χ3v) is 4.79. The van der Waals surface area contributed by atoms with Gasteiger partial charge in [0.1, 0.15) is 0 Å². The van der Waals surface area contributed by atoms with Crippen LogP contribution >= 0.6 is 0 Å². The van der Waals surface area contributed by atoms with Crippen LogP contribution in [0.1, 0.15) is 41.0 Å². The first-order chi connectivity index (χ1) is 14.9. The van der Waals surface area contributed by atoms with Crippen molar-refractivity contribution in [2.24, 2.45) is 5.92 Å². The molecule has 8 heteroatoms. The van der Waals surface area contributed by atoms with E-state index in [9.17, 15) is 19.2 Å². The Hall–Kier alpha value is -3.68. The molecule has 1 heterocycles. The zero-order chi connectivity index (χ0) is 22.4. The van der Waals surface area contributed by atoms with Gasteiger partial charge in [0.15, 0.2) is 0 Å². The number of hydrogen-bond acceptors (Lipinski definition) is 6. The molecule has 1 unspecified atom stereocenters. The van der Waals surface area contributed by atoms with Crippen molar-refractivity contribution < 1.29 is 28.7 Å². The summed E-state index contributed by atoms with van der Waals surface area (Å²) in [7, 11) is 0. The Morgan fingerprint density at radius 1 is 0.968 bits per heavy atom. The van der Waals surface area contributed by atoms with Gasteiger partial charge in [0.2, 0.25) is 11.8 Å². The minimum atomic E-state index is -0.615. The van der Waals surface area contributed by atoms with Crippen molar-refractivity contribution in [1.82, 2.24) is 0 Å². The fourth-order valence-corrected chi connectivity index (χ4v) is 3.35. The monoisotopic (exact) mass is 424 g/mol. The van der Waals surface area contributed by atoms with Gasteiger partial charge >= 0.3 is 11.9 Å². The molecule has 1 aliphatic rings. The molecule has 0 bridgehead atoms. The van der Waals surface area contributed by atoms with Crippen LogP contribution in [0.2, 0.25) is 0 Å². The SMILES string of the molecule is CCOC(=O)c1cc(NC(=O)C2CC(=O)N(c3ccccc3)C2)cc(C(=O)OCC)c1. The molecule has 162 valence electrons. The molecule has 0 aliphatic carbocycles. The van der Waals surface area contributed by atoms with Gasteiger partial charge in [-0.3, -0.25) is 9.59 Å². The van der Waals surface area contributed by atoms with Crippen molar-refractivity contribution in [3.05, 3.63) is 59.7 Å². The maximum absolute atomic E-state index is 12.8. The predicted octanol–water partition coefficient (Wildman–Crippen LogP) is 3.03. The van der Waals surface area contributed by atoms with Crippen LogP contribution in [0.25, 0.3) is 0 Å². The molecule has 2 aromatic carbocycles. The largest absolute Gasteiger partial charge is 0.462 e. The summed E-state index contributed by atoms with van der Waals surface area (Å²) in [5, 5.41) is 2.72. The molecule has 8 nitrogen and oxygen atoms in total. The number of para-hydroxylation sites is 1. The highest BCUT2D eigenvalue weighted by Crippen LogP contribution is 2.26. The van der Waals surface area contributed by atoms with Gasteiger partial charge in [-0.05, 0) is 44.2 Å². The van der Waals surface area contributed by atoms with Gasteiger partial charge in [0.25, 0.3) is 0 Å². The van der Waals surface area contributed by atoms with Crippen molar-refractivity contribution >= 4 is 35.1 Å². The molecule has 2 aromatic rings. The van der Waals surface area contributed by atoms with E-state index >= 15 is 0 Å². The highest BCUT2D eigenvalue weighted by Gasteiger charge is 2.35. The van der Waals surface area contributed by atoms with E-state index in [1.807, 2.05) is 30.3 Å². The number of anilines is 2. The fourth-order valence-electron chi connectivity index (χ4n) is 3.35. The van der Waals surface area contributed by atoms with Crippen LogP contribution in [-0.2, 0) is 19.1 Å². The smallest absolute Gasteiger partial charge is 0.338 e. The molecule has 1 saturated heterocycles. The number of esters is 2. The Kier molecular flexibility index (Phi) is 7.02. The lowest BCUT2D eigenvalue weighted by Gasteiger charge is -2.17. The molecule has 1 fully saturated rings. The van der Waals surface area contributed by atoms with E-state index in [-0.39, 0.29) is 54.8 Å². The lowest BCUT2D eigenvalue weighted by Crippen LogP contribution is -2.28. The zero-order valence-corrected chi connectivity index (χ0v) is 17.4. The highest BCUT2D eigenvalue weighted by molar-refractivity contribution is 6.04. The summed E-state index contributed by atoms with van der Waals surface area (Å²) >= 11 is 0. The first-order valence-electron chi connectivity index (χ1n) is 10.1. The first kappa shape index (κ1) is 22.0. The summed E-state index contributed by atoms with van der Waals surface area (Å²) in [6, 6.07) is 13.4. The second-order valence-corrected chi connectivity index (χ2v) is 6.97. The van der Waals surface area contributed by atoms with Gasteiger partial charge in [-0.25, -0.2) is 9.59 Å². The van der Waals surface area contributed by atoms with Crippen LogP contribution in [0.4, 0.5) is 11.4 Å². The molecule has 1 aliphatic heterocycles. The van der Waals surface area contributed by atoms with Crippen LogP contribution in [0.15, 0.2) is 48.5 Å². The van der Waals surface area contributed by atoms with Gasteiger partial charge in [-0.1, -0.05) is 18.2 Å². The fraction of sp³-hybridized carbons (Fsp3) is 0.304. The van der Waals surface area contributed by atoms with Crippen molar-refractivity contribution in [1.29, 1.82) is 0 Å². The second-order valence-electron chi connectivity index (χ2n) is 6.97. The van der Waals surface area contributed by atoms with E-state index in [0.29, 0.717) is 0 Å². The summed E-state index contributed by atoms with van der Waals surface area (Å²) in [5.74, 6) is -2.31. The molecular weight excluding hydrogens is 400 g/mol. The molecule has 0 saturated carbocycles. The standard InChI is InChI=1S/C23H24N2O6/c1-3-30-22(28)15-10-16(23(29)31-4-2)12-18(11-15)24-21(27)17-13-20(26)25(14-17)19-8-6-5-7-9-19/h5-12,17H,3-4,13-14H2,1-2H3,(H,24,27). The van der Waals surface area contributed by atoms with Crippen molar-refractivity contribution in [3.63, 3.8) is 0 Å². The van der Waals surface area contributed by atoms with Crippen LogP contribution in [0.3, 0.4) is 0 Å². The number of rotatable bonds is 7. The van der Waals surface area contributed by atoms with Crippen LogP contribution in [-0.4, -0.2) is 43.5 Å². The Morgan fingerprint density at radius 3 is 2.10 bits per heavy atom. The maximum Gasteiger partial charge on any atom is 0.338 e. The van der Waals surface area contributed by atoms with E-state index in [0.717, 1.165) is 5.69 Å². The van der Waals surface area contributed by atoms with Crippen LogP contribution in [0, 0.1) is 5.92 Å². The Labute approximate surface area is 180 Å². The Morgan fingerprint density at radius 2 is 1.55 bits per heavy atom. The molecule has 3 rings (SSSR count). The van der Waals surface area contributed by atoms with Crippen molar-refractivity contribution in [2.75, 3.05) is 30.0 Å². The van der Waals surface area contributed by atoms with Crippen molar-refractivity contribution in [2.45, 2.75) is 20.3 Å². The van der Waals surface area contributed by atoms with E-state index in [1.165, 1.54) is 18.2 Å². The molecule has 0 spiro atoms. The van der Waals surface area contributed by atoms with Gasteiger partial charge in [-0.15, -0.1) is 0 Å². The lowest BCUT2D eigenvalue weighted by molar-refractivity contribution is -0.122. The third kappa shape index (κ3) is 5.28. The van der Waals surface area contributed by atoms with Crippen LogP contribution in [0.5, 0.6) is 0 Å². The number of ether oxygens (including phenoxy) is 2. The first-order valence-corrected chi connectivity index (χ1v) is 10.1. The number of nitrogens with zero attached hydrogens (tertiary/aromatic N) is 1. The summed E-state index contributed by atoms with van der Waals surface area (Å²) in [5.41, 5.74) is 1.23. The number of nitrogens with one attached hydrogen (secondary N) is 1. The minimum Gasteiger partial charge on any atom is -0.462 e. The molecule has 1 N–H and O–H groups in total. The third-order valence-electron chi connectivity index (χ3n) is 4.79. The maximum atomic E-state index is 12.8. The Balaban J connectivity index is 1.79. The predicted molar refractivity (Wildman–Crippen MR) is 114 cm³/mol. The molecule has 1 atom stereocenters. The summed E-state index contributed by atoms with van der Waals surface area (Å²) < 4.78 is 10.0. The number of carbonyl (C=O) groups excluding carboxylic acids is 4. The quantitative estimate of drug-likeness (QED) is 0.686. The number of hydrogen-bond donors (Lipinski definition) is 1. The van der Waals surface area contributed by atoms with Gasteiger partial charge in [0.05, 0.1) is 30.3 Å². The summed E-state index contributed by atoms with van der Waals surface area (Å²) in [4.78, 5) is 51.1. The van der Waals surface area contributed by atoms with Gasteiger partial charge in [0, 0.05) is 24.3 Å². The number of amides is 2. The lowest BCUT2D eigenvalue weighted by atomic mass is 10.1. The van der Waals surface area contributed by atoms with E-state index in [1.54, 1.807) is 18.7 Å². The van der Waals surface area contributed by atoms with E-state index < -0.39 is 17.9 Å². The molecule has 2 amide bonds. The molecular formula is C23H24N2O6. The topological polar surface area (TPSA) is 102 Å². The zero-order valence-electron chi connectivity index (χ0n) is 17.4. The van der Waals surface area contributed by atoms with Gasteiger partial charge in [-0.2, -0.15) is 0 Å². The average molecular weight is 424 g/mol.